The van der Waals surface area contributed by atoms with Crippen LogP contribution in [0.5, 0.6) is 11.5 Å². The summed E-state index contributed by atoms with van der Waals surface area (Å²) in [6.45, 7) is 0.355. The Kier molecular flexibility index (Phi) is 7.36. The molecule has 0 aliphatic heterocycles. The molecule has 0 amide bonds. The fraction of sp³-hybridized carbons (Fsp3) is 0.0952. The third kappa shape index (κ3) is 5.98. The minimum Gasteiger partial charge on any atom is -0.493 e. The molecule has 0 aliphatic rings. The quantitative estimate of drug-likeness (QED) is 0.342. The Morgan fingerprint density at radius 2 is 1.73 bits per heavy atom. The fourth-order valence-electron chi connectivity index (χ4n) is 2.46. The van der Waals surface area contributed by atoms with Gasteiger partial charge in [0.05, 0.1) is 18.2 Å². The van der Waals surface area contributed by atoms with Crippen molar-refractivity contribution in [1.29, 1.82) is 0 Å². The average Bonchev–Trinajstić information content (AvgIpc) is 2.73. The largest absolute Gasteiger partial charge is 0.493 e. The molecule has 0 aliphatic carbocycles. The van der Waals surface area contributed by atoms with Gasteiger partial charge in [0.25, 0.3) is 10.0 Å². The van der Waals surface area contributed by atoms with E-state index >= 15 is 0 Å². The van der Waals surface area contributed by atoms with Gasteiger partial charge in [-0.05, 0) is 65.7 Å². The molecule has 3 rings (SSSR count). The normalized spacial score (nSPS) is 11.4. The van der Waals surface area contributed by atoms with Gasteiger partial charge >= 0.3 is 0 Å². The molecule has 0 fully saturated rings. The highest BCUT2D eigenvalue weighted by Crippen LogP contribution is 2.28. The number of methoxy groups -OCH3 is 1. The second kappa shape index (κ2) is 9.97. The van der Waals surface area contributed by atoms with E-state index in [1.54, 1.807) is 25.3 Å². The molecule has 156 valence electrons. The molecule has 0 aromatic heterocycles. The predicted molar refractivity (Wildman–Crippen MR) is 121 cm³/mol. The SMILES string of the molecule is COc1ccc(/C=N/NS(=O)(=O)c2ccc(Cl)cc2)cc1OCc1ccc(Br)cc1. The van der Waals surface area contributed by atoms with Crippen molar-refractivity contribution in [3.05, 3.63) is 87.4 Å². The zero-order valence-electron chi connectivity index (χ0n) is 15.9. The Morgan fingerprint density at radius 3 is 2.40 bits per heavy atom. The summed E-state index contributed by atoms with van der Waals surface area (Å²) < 4.78 is 36.7. The van der Waals surface area contributed by atoms with Gasteiger partial charge in [-0.15, -0.1) is 0 Å². The van der Waals surface area contributed by atoms with Crippen molar-refractivity contribution in [1.82, 2.24) is 4.83 Å². The minimum absolute atomic E-state index is 0.0669. The summed E-state index contributed by atoms with van der Waals surface area (Å²) in [6, 6.07) is 18.8. The first-order valence-electron chi connectivity index (χ1n) is 8.73. The van der Waals surface area contributed by atoms with E-state index in [0.717, 1.165) is 10.0 Å². The molecule has 0 spiro atoms. The third-order valence-corrected chi connectivity index (χ3v) is 6.02. The number of nitrogens with one attached hydrogen (secondary N) is 1. The van der Waals surface area contributed by atoms with Gasteiger partial charge in [0.15, 0.2) is 11.5 Å². The van der Waals surface area contributed by atoms with E-state index in [4.69, 9.17) is 21.1 Å². The van der Waals surface area contributed by atoms with Crippen LogP contribution >= 0.6 is 27.5 Å². The maximum atomic E-state index is 12.3. The Morgan fingerprint density at radius 1 is 1.03 bits per heavy atom. The van der Waals surface area contributed by atoms with E-state index in [9.17, 15) is 8.42 Å². The summed E-state index contributed by atoms with van der Waals surface area (Å²) in [5.41, 5.74) is 1.63. The van der Waals surface area contributed by atoms with Crippen LogP contribution in [-0.4, -0.2) is 21.7 Å². The van der Waals surface area contributed by atoms with Gasteiger partial charge in [0, 0.05) is 9.50 Å². The maximum Gasteiger partial charge on any atom is 0.276 e. The van der Waals surface area contributed by atoms with Crippen molar-refractivity contribution in [3.63, 3.8) is 0 Å². The van der Waals surface area contributed by atoms with Crippen molar-refractivity contribution < 1.29 is 17.9 Å². The molecule has 6 nitrogen and oxygen atoms in total. The first-order valence-corrected chi connectivity index (χ1v) is 11.4. The Labute approximate surface area is 188 Å². The van der Waals surface area contributed by atoms with Crippen LogP contribution in [0.1, 0.15) is 11.1 Å². The van der Waals surface area contributed by atoms with Crippen LogP contribution in [0.4, 0.5) is 0 Å². The van der Waals surface area contributed by atoms with Crippen molar-refractivity contribution in [2.75, 3.05) is 7.11 Å². The summed E-state index contributed by atoms with van der Waals surface area (Å²) in [5, 5.41) is 4.29. The van der Waals surface area contributed by atoms with Crippen LogP contribution in [0.2, 0.25) is 5.02 Å². The number of hydrazone groups is 1. The first kappa shape index (κ1) is 22.1. The topological polar surface area (TPSA) is 77.0 Å². The molecule has 3 aromatic rings. The molecule has 1 N–H and O–H groups in total. The number of ether oxygens (including phenoxy) is 2. The van der Waals surface area contributed by atoms with E-state index in [-0.39, 0.29) is 4.90 Å². The van der Waals surface area contributed by atoms with Crippen molar-refractivity contribution in [2.24, 2.45) is 5.10 Å². The van der Waals surface area contributed by atoms with E-state index in [1.807, 2.05) is 24.3 Å². The number of sulfonamides is 1. The smallest absolute Gasteiger partial charge is 0.276 e. The molecule has 0 heterocycles. The number of hydrogen-bond acceptors (Lipinski definition) is 5. The third-order valence-electron chi connectivity index (χ3n) is 4.01. The van der Waals surface area contributed by atoms with Crippen molar-refractivity contribution >= 4 is 43.8 Å². The highest BCUT2D eigenvalue weighted by atomic mass is 79.9. The summed E-state index contributed by atoms with van der Waals surface area (Å²) in [4.78, 5) is 2.24. The highest BCUT2D eigenvalue weighted by Gasteiger charge is 2.12. The Balaban J connectivity index is 1.70. The van der Waals surface area contributed by atoms with E-state index in [2.05, 4.69) is 25.9 Å². The molecular weight excluding hydrogens is 492 g/mol. The molecule has 0 saturated heterocycles. The second-order valence-corrected chi connectivity index (χ2v) is 9.15. The highest BCUT2D eigenvalue weighted by molar-refractivity contribution is 9.10. The van der Waals surface area contributed by atoms with Crippen molar-refractivity contribution in [2.45, 2.75) is 11.5 Å². The predicted octanol–water partition coefficient (Wildman–Crippen LogP) is 5.00. The van der Waals surface area contributed by atoms with Crippen LogP contribution in [0.3, 0.4) is 0 Å². The molecular formula is C21H18BrClN2O4S. The minimum atomic E-state index is -3.79. The van der Waals surface area contributed by atoms with Crippen LogP contribution in [0, 0.1) is 0 Å². The maximum absolute atomic E-state index is 12.3. The van der Waals surface area contributed by atoms with Crippen LogP contribution in [-0.2, 0) is 16.6 Å². The van der Waals surface area contributed by atoms with E-state index < -0.39 is 10.0 Å². The van der Waals surface area contributed by atoms with E-state index in [0.29, 0.717) is 28.7 Å². The van der Waals surface area contributed by atoms with Gasteiger partial charge < -0.3 is 9.47 Å². The molecule has 0 saturated carbocycles. The number of halogens is 2. The zero-order chi connectivity index (χ0) is 21.6. The Bertz CT molecular complexity index is 1130. The number of rotatable bonds is 8. The molecule has 0 unspecified atom stereocenters. The number of nitrogens with zero attached hydrogens (tertiary/aromatic N) is 1. The molecule has 0 bridgehead atoms. The lowest BCUT2D eigenvalue weighted by Crippen LogP contribution is -2.18. The second-order valence-electron chi connectivity index (χ2n) is 6.13. The molecule has 30 heavy (non-hydrogen) atoms. The number of benzene rings is 3. The van der Waals surface area contributed by atoms with Crippen LogP contribution in [0.25, 0.3) is 0 Å². The van der Waals surface area contributed by atoms with Gasteiger partial charge in [0.2, 0.25) is 0 Å². The lowest BCUT2D eigenvalue weighted by atomic mass is 10.2. The summed E-state index contributed by atoms with van der Waals surface area (Å²) in [7, 11) is -2.23. The summed E-state index contributed by atoms with van der Waals surface area (Å²) in [5.74, 6) is 1.08. The number of hydrogen-bond donors (Lipinski definition) is 1. The molecule has 0 atom stereocenters. The van der Waals surface area contributed by atoms with Gasteiger partial charge in [-0.2, -0.15) is 13.5 Å². The summed E-state index contributed by atoms with van der Waals surface area (Å²) in [6.07, 6.45) is 1.39. The van der Waals surface area contributed by atoms with Gasteiger partial charge in [0.1, 0.15) is 6.61 Å². The van der Waals surface area contributed by atoms with Crippen LogP contribution in [0.15, 0.2) is 81.2 Å². The van der Waals surface area contributed by atoms with Crippen LogP contribution < -0.4 is 14.3 Å². The summed E-state index contributed by atoms with van der Waals surface area (Å²) >= 11 is 9.19. The fourth-order valence-corrected chi connectivity index (χ4v) is 3.65. The molecule has 9 heteroatoms. The average molecular weight is 510 g/mol. The molecule has 3 aromatic carbocycles. The zero-order valence-corrected chi connectivity index (χ0v) is 19.0. The monoisotopic (exact) mass is 508 g/mol. The van der Waals surface area contributed by atoms with Crippen molar-refractivity contribution in [3.8, 4) is 11.5 Å². The molecule has 0 radical (unpaired) electrons. The van der Waals surface area contributed by atoms with Gasteiger partial charge in [-0.25, -0.2) is 4.83 Å². The lowest BCUT2D eigenvalue weighted by Gasteiger charge is -2.11. The standard InChI is InChI=1S/C21H18BrClN2O4S/c1-28-20-11-4-16(12-21(20)29-14-15-2-5-17(22)6-3-15)13-24-25-30(26,27)19-9-7-18(23)8-10-19/h2-13,25H,14H2,1H3/b24-13+. The van der Waals surface area contributed by atoms with Gasteiger partial charge in [-0.3, -0.25) is 0 Å². The van der Waals surface area contributed by atoms with E-state index in [1.165, 1.54) is 30.5 Å². The Hall–Kier alpha value is -2.55. The van der Waals surface area contributed by atoms with Gasteiger partial charge in [-0.1, -0.05) is 39.7 Å². The lowest BCUT2D eigenvalue weighted by molar-refractivity contribution is 0.284. The first-order chi connectivity index (χ1) is 14.4.